The van der Waals surface area contributed by atoms with E-state index < -0.39 is 0 Å². The Morgan fingerprint density at radius 1 is 1.38 bits per heavy atom. The Labute approximate surface area is 137 Å². The lowest BCUT2D eigenvalue weighted by molar-refractivity contribution is -0.0746. The van der Waals surface area contributed by atoms with Crippen molar-refractivity contribution >= 4 is 23.2 Å². The SMILES string of the molecule is COC1(C(Cc2ccc(Cl)cc2Cl)NN)CCC(C)CC1. The van der Waals surface area contributed by atoms with E-state index in [0.29, 0.717) is 10.0 Å². The number of nitrogens with two attached hydrogens (primary N) is 1. The molecule has 2 rings (SSSR count). The maximum atomic E-state index is 6.29. The summed E-state index contributed by atoms with van der Waals surface area (Å²) in [7, 11) is 1.78. The van der Waals surface area contributed by atoms with Crippen LogP contribution in [0.15, 0.2) is 18.2 Å². The molecule has 118 valence electrons. The van der Waals surface area contributed by atoms with E-state index in [9.17, 15) is 0 Å². The lowest BCUT2D eigenvalue weighted by Gasteiger charge is -2.44. The van der Waals surface area contributed by atoms with E-state index in [1.54, 1.807) is 13.2 Å². The normalized spacial score (nSPS) is 27.6. The van der Waals surface area contributed by atoms with Crippen molar-refractivity contribution in [3.63, 3.8) is 0 Å². The van der Waals surface area contributed by atoms with Gasteiger partial charge >= 0.3 is 0 Å². The lowest BCUT2D eigenvalue weighted by Crippen LogP contribution is -2.57. The molecule has 1 atom stereocenters. The molecule has 0 heterocycles. The Morgan fingerprint density at radius 3 is 2.57 bits per heavy atom. The van der Waals surface area contributed by atoms with E-state index >= 15 is 0 Å². The van der Waals surface area contributed by atoms with Crippen LogP contribution in [-0.4, -0.2) is 18.8 Å². The van der Waals surface area contributed by atoms with Gasteiger partial charge in [-0.15, -0.1) is 0 Å². The van der Waals surface area contributed by atoms with Gasteiger partial charge in [-0.25, -0.2) is 0 Å². The van der Waals surface area contributed by atoms with Gasteiger partial charge < -0.3 is 4.74 Å². The van der Waals surface area contributed by atoms with Crippen molar-refractivity contribution in [2.45, 2.75) is 50.7 Å². The zero-order valence-corrected chi connectivity index (χ0v) is 14.2. The smallest absolute Gasteiger partial charge is 0.0847 e. The molecule has 0 radical (unpaired) electrons. The molecule has 1 aliphatic carbocycles. The Hall–Kier alpha value is -0.320. The largest absolute Gasteiger partial charge is 0.377 e. The maximum absolute atomic E-state index is 6.29. The average Bonchev–Trinajstić information content (AvgIpc) is 2.48. The molecule has 5 heteroatoms. The molecule has 21 heavy (non-hydrogen) atoms. The van der Waals surface area contributed by atoms with Crippen LogP contribution in [0.1, 0.15) is 38.2 Å². The second kappa shape index (κ2) is 7.30. The summed E-state index contributed by atoms with van der Waals surface area (Å²) < 4.78 is 5.90. The first-order valence-corrected chi connectivity index (χ1v) is 8.21. The van der Waals surface area contributed by atoms with E-state index in [0.717, 1.165) is 30.7 Å². The van der Waals surface area contributed by atoms with Crippen molar-refractivity contribution in [3.8, 4) is 0 Å². The number of hydrogen-bond donors (Lipinski definition) is 2. The highest BCUT2D eigenvalue weighted by Crippen LogP contribution is 2.38. The Morgan fingerprint density at radius 2 is 2.05 bits per heavy atom. The average molecular weight is 331 g/mol. The van der Waals surface area contributed by atoms with Gasteiger partial charge in [0.1, 0.15) is 0 Å². The minimum Gasteiger partial charge on any atom is -0.377 e. The number of hydrogen-bond acceptors (Lipinski definition) is 3. The molecular weight excluding hydrogens is 307 g/mol. The van der Waals surface area contributed by atoms with Crippen LogP contribution < -0.4 is 11.3 Å². The summed E-state index contributed by atoms with van der Waals surface area (Å²) in [6, 6.07) is 5.63. The molecular formula is C16H24Cl2N2O. The number of hydrazine groups is 1. The quantitative estimate of drug-likeness (QED) is 0.634. The Kier molecular flexibility index (Phi) is 5.92. The summed E-state index contributed by atoms with van der Waals surface area (Å²) in [5, 5.41) is 1.33. The molecule has 0 aliphatic heterocycles. The van der Waals surface area contributed by atoms with Crippen LogP contribution in [0.5, 0.6) is 0 Å². The van der Waals surface area contributed by atoms with Gasteiger partial charge in [-0.3, -0.25) is 11.3 Å². The zero-order chi connectivity index (χ0) is 15.5. The topological polar surface area (TPSA) is 47.3 Å². The molecule has 3 N–H and O–H groups in total. The molecule has 0 aromatic heterocycles. The highest BCUT2D eigenvalue weighted by atomic mass is 35.5. The lowest BCUT2D eigenvalue weighted by atomic mass is 9.74. The summed E-state index contributed by atoms with van der Waals surface area (Å²) in [6.45, 7) is 2.29. The van der Waals surface area contributed by atoms with Crippen LogP contribution in [0.4, 0.5) is 0 Å². The first-order valence-electron chi connectivity index (χ1n) is 7.46. The monoisotopic (exact) mass is 330 g/mol. The van der Waals surface area contributed by atoms with Gasteiger partial charge in [0.2, 0.25) is 0 Å². The minimum atomic E-state index is -0.218. The predicted octanol–water partition coefficient (Wildman–Crippen LogP) is 3.96. The third-order valence-corrected chi connectivity index (χ3v) is 5.39. The molecule has 1 fully saturated rings. The first-order chi connectivity index (χ1) is 10.0. The number of methoxy groups -OCH3 is 1. The number of halogens is 2. The van der Waals surface area contributed by atoms with Gasteiger partial charge in [-0.05, 0) is 55.7 Å². The van der Waals surface area contributed by atoms with Crippen molar-refractivity contribution in [1.29, 1.82) is 0 Å². The highest BCUT2D eigenvalue weighted by molar-refractivity contribution is 6.35. The van der Waals surface area contributed by atoms with E-state index in [1.807, 2.05) is 12.1 Å². The van der Waals surface area contributed by atoms with E-state index in [1.165, 1.54) is 12.8 Å². The van der Waals surface area contributed by atoms with E-state index in [2.05, 4.69) is 12.3 Å². The summed E-state index contributed by atoms with van der Waals surface area (Å²) >= 11 is 12.2. The van der Waals surface area contributed by atoms with Crippen molar-refractivity contribution < 1.29 is 4.74 Å². The Bertz CT molecular complexity index is 473. The number of ether oxygens (including phenoxy) is 1. The highest BCUT2D eigenvalue weighted by Gasteiger charge is 2.41. The van der Waals surface area contributed by atoms with Gasteiger partial charge in [0, 0.05) is 17.2 Å². The second-order valence-electron chi connectivity index (χ2n) is 6.11. The number of rotatable bonds is 5. The summed E-state index contributed by atoms with van der Waals surface area (Å²) in [4.78, 5) is 0. The molecule has 1 aromatic rings. The molecule has 1 saturated carbocycles. The summed E-state index contributed by atoms with van der Waals surface area (Å²) in [5.41, 5.74) is 3.77. The van der Waals surface area contributed by atoms with Crippen LogP contribution in [-0.2, 0) is 11.2 Å². The van der Waals surface area contributed by atoms with Gasteiger partial charge in [-0.2, -0.15) is 0 Å². The fraction of sp³-hybridized carbons (Fsp3) is 0.625. The third kappa shape index (κ3) is 3.91. The summed E-state index contributed by atoms with van der Waals surface area (Å²) in [5.74, 6) is 6.58. The van der Waals surface area contributed by atoms with E-state index in [-0.39, 0.29) is 11.6 Å². The van der Waals surface area contributed by atoms with Crippen LogP contribution in [0, 0.1) is 5.92 Å². The van der Waals surface area contributed by atoms with Crippen LogP contribution >= 0.6 is 23.2 Å². The second-order valence-corrected chi connectivity index (χ2v) is 6.95. The van der Waals surface area contributed by atoms with Gasteiger partial charge in [-0.1, -0.05) is 36.2 Å². The fourth-order valence-corrected chi connectivity index (χ4v) is 3.74. The molecule has 3 nitrogen and oxygen atoms in total. The van der Waals surface area contributed by atoms with Gasteiger partial charge in [0.25, 0.3) is 0 Å². The van der Waals surface area contributed by atoms with Gasteiger partial charge in [0.05, 0.1) is 11.6 Å². The molecule has 1 aromatic carbocycles. The molecule has 0 saturated heterocycles. The summed E-state index contributed by atoms with van der Waals surface area (Å²) in [6.07, 6.45) is 5.10. The van der Waals surface area contributed by atoms with Crippen LogP contribution in [0.3, 0.4) is 0 Å². The molecule has 1 unspecified atom stereocenters. The number of nitrogens with one attached hydrogen (secondary N) is 1. The standard InChI is InChI=1S/C16H24Cl2N2O/c1-11-5-7-16(21-2,8-6-11)15(20-19)9-12-3-4-13(17)10-14(12)18/h3-4,10-11,15,20H,5-9,19H2,1-2H3. The molecule has 0 bridgehead atoms. The van der Waals surface area contributed by atoms with Gasteiger partial charge in [0.15, 0.2) is 0 Å². The predicted molar refractivity (Wildman–Crippen MR) is 88.6 cm³/mol. The van der Waals surface area contributed by atoms with Crippen LogP contribution in [0.2, 0.25) is 10.0 Å². The third-order valence-electron chi connectivity index (χ3n) is 4.80. The van der Waals surface area contributed by atoms with Crippen LogP contribution in [0.25, 0.3) is 0 Å². The Balaban J connectivity index is 2.17. The molecule has 0 amide bonds. The van der Waals surface area contributed by atoms with E-state index in [4.69, 9.17) is 33.8 Å². The van der Waals surface area contributed by atoms with Crippen molar-refractivity contribution in [1.82, 2.24) is 5.43 Å². The number of benzene rings is 1. The fourth-order valence-electron chi connectivity index (χ4n) is 3.25. The molecule has 0 spiro atoms. The van der Waals surface area contributed by atoms with Crippen molar-refractivity contribution in [2.75, 3.05) is 7.11 Å². The minimum absolute atomic E-state index is 0.0358. The molecule has 1 aliphatic rings. The van der Waals surface area contributed by atoms with Crippen molar-refractivity contribution in [2.24, 2.45) is 11.8 Å². The zero-order valence-electron chi connectivity index (χ0n) is 12.7. The maximum Gasteiger partial charge on any atom is 0.0847 e. The first kappa shape index (κ1) is 17.0. The van der Waals surface area contributed by atoms with Crippen molar-refractivity contribution in [3.05, 3.63) is 33.8 Å².